The van der Waals surface area contributed by atoms with Crippen LogP contribution in [0.4, 0.5) is 5.82 Å². The van der Waals surface area contributed by atoms with Gasteiger partial charge < -0.3 is 15.3 Å². The maximum Gasteiger partial charge on any atom is 0.224 e. The maximum absolute atomic E-state index is 11.7. The number of fused-ring (bicyclic) bond motifs is 1. The van der Waals surface area contributed by atoms with Gasteiger partial charge in [-0.15, -0.1) is 11.3 Å². The third-order valence-corrected chi connectivity index (χ3v) is 6.06. The molecule has 2 N–H and O–H groups in total. The Morgan fingerprint density at radius 2 is 2.04 bits per heavy atom. The van der Waals surface area contributed by atoms with Crippen molar-refractivity contribution in [2.24, 2.45) is 5.92 Å². The third kappa shape index (κ3) is 4.31. The monoisotopic (exact) mass is 396 g/mol. The predicted octanol–water partition coefficient (Wildman–Crippen LogP) is 2.41. The largest absolute Gasteiger partial charge is 0.395 e. The van der Waals surface area contributed by atoms with E-state index >= 15 is 0 Å². The highest BCUT2D eigenvalue weighted by atomic mass is 32.1. The molecule has 3 heterocycles. The number of aliphatic hydroxyl groups excluding tert-OH is 1. The van der Waals surface area contributed by atoms with E-state index in [1.807, 2.05) is 18.2 Å². The lowest BCUT2D eigenvalue weighted by Crippen LogP contribution is -2.27. The number of hydrogen-bond donors (Lipinski definition) is 2. The molecule has 1 saturated heterocycles. The Morgan fingerprint density at radius 3 is 2.86 bits per heavy atom. The Balaban J connectivity index is 1.34. The van der Waals surface area contributed by atoms with Crippen LogP contribution >= 0.6 is 11.3 Å². The predicted molar refractivity (Wildman–Crippen MR) is 112 cm³/mol. The number of carbonyl (C=O) groups is 1. The molecule has 4 rings (SSSR count). The first-order valence-electron chi connectivity index (χ1n) is 9.61. The van der Waals surface area contributed by atoms with Crippen LogP contribution in [0.3, 0.4) is 0 Å². The number of benzene rings is 1. The molecule has 2 aromatic heterocycles. The fourth-order valence-corrected chi connectivity index (χ4v) is 4.62. The van der Waals surface area contributed by atoms with Crippen LogP contribution in [0.15, 0.2) is 42.0 Å². The lowest BCUT2D eigenvalue weighted by molar-refractivity contribution is -0.120. The van der Waals surface area contributed by atoms with Gasteiger partial charge in [0.2, 0.25) is 5.91 Å². The average molecular weight is 397 g/mol. The van der Waals surface area contributed by atoms with Crippen molar-refractivity contribution in [2.45, 2.75) is 19.3 Å². The summed E-state index contributed by atoms with van der Waals surface area (Å²) in [5.41, 5.74) is 3.32. The Hall–Kier alpha value is -2.51. The molecule has 1 aromatic carbocycles. The van der Waals surface area contributed by atoms with Gasteiger partial charge in [0.15, 0.2) is 0 Å². The first kappa shape index (κ1) is 18.8. The number of aromatic nitrogens is 2. The van der Waals surface area contributed by atoms with Crippen molar-refractivity contribution in [1.82, 2.24) is 15.3 Å². The quantitative estimate of drug-likeness (QED) is 0.641. The van der Waals surface area contributed by atoms with E-state index < -0.39 is 0 Å². The van der Waals surface area contributed by atoms with Crippen molar-refractivity contribution in [3.05, 3.63) is 53.2 Å². The molecule has 28 heavy (non-hydrogen) atoms. The minimum absolute atomic E-state index is 0.0316. The van der Waals surface area contributed by atoms with Crippen LogP contribution in [0.1, 0.15) is 17.5 Å². The van der Waals surface area contributed by atoms with Crippen LogP contribution in [0, 0.1) is 5.92 Å². The van der Waals surface area contributed by atoms with E-state index in [-0.39, 0.29) is 12.5 Å². The van der Waals surface area contributed by atoms with Gasteiger partial charge in [0.25, 0.3) is 0 Å². The second-order valence-electron chi connectivity index (χ2n) is 7.20. The molecule has 0 spiro atoms. The average Bonchev–Trinajstić information content (AvgIpc) is 3.37. The number of hydrogen-bond acceptors (Lipinski definition) is 6. The van der Waals surface area contributed by atoms with Gasteiger partial charge >= 0.3 is 0 Å². The molecule has 1 amide bonds. The van der Waals surface area contributed by atoms with Crippen molar-refractivity contribution in [1.29, 1.82) is 0 Å². The van der Waals surface area contributed by atoms with Crippen LogP contribution in [0.5, 0.6) is 0 Å². The van der Waals surface area contributed by atoms with E-state index in [1.54, 1.807) is 17.7 Å². The summed E-state index contributed by atoms with van der Waals surface area (Å²) in [6.07, 6.45) is 4.20. The molecule has 0 bridgehead atoms. The number of aliphatic hydroxyl groups is 1. The minimum atomic E-state index is -0.0574. The molecule has 146 valence electrons. The van der Waals surface area contributed by atoms with Gasteiger partial charge in [0.1, 0.15) is 12.1 Å². The highest BCUT2D eigenvalue weighted by molar-refractivity contribution is 7.17. The van der Waals surface area contributed by atoms with Crippen molar-refractivity contribution in [3.8, 4) is 0 Å². The zero-order valence-electron chi connectivity index (χ0n) is 15.7. The second kappa shape index (κ2) is 8.67. The molecule has 0 saturated carbocycles. The molecule has 1 aliphatic heterocycles. The topological polar surface area (TPSA) is 78.4 Å². The summed E-state index contributed by atoms with van der Waals surface area (Å²) >= 11 is 1.70. The summed E-state index contributed by atoms with van der Waals surface area (Å²) in [5.74, 6) is 1.60. The van der Waals surface area contributed by atoms with Crippen LogP contribution in [-0.2, 0) is 17.6 Å². The molecule has 7 heteroatoms. The summed E-state index contributed by atoms with van der Waals surface area (Å²) < 4.78 is 1.17. The zero-order valence-corrected chi connectivity index (χ0v) is 16.5. The van der Waals surface area contributed by atoms with E-state index in [0.29, 0.717) is 18.9 Å². The van der Waals surface area contributed by atoms with Gasteiger partial charge in [0.05, 0.1) is 23.2 Å². The number of anilines is 1. The highest BCUT2D eigenvalue weighted by Gasteiger charge is 2.25. The first-order chi connectivity index (χ1) is 13.7. The molecule has 1 fully saturated rings. The molecule has 1 atom stereocenters. The smallest absolute Gasteiger partial charge is 0.224 e. The number of nitrogens with one attached hydrogen (secondary N) is 1. The number of thiophene rings is 1. The number of rotatable bonds is 7. The fraction of sp³-hybridized carbons (Fsp3) is 0.381. The van der Waals surface area contributed by atoms with Gasteiger partial charge in [-0.3, -0.25) is 4.79 Å². The SMILES string of the molecule is O=C(Cc1ccc(CC2CCN(c3ncnc4ccsc34)C2)cc1)NCCO. The Bertz CT molecular complexity index is 941. The molecular weight excluding hydrogens is 372 g/mol. The van der Waals surface area contributed by atoms with E-state index in [2.05, 4.69) is 37.7 Å². The molecule has 0 radical (unpaired) electrons. The minimum Gasteiger partial charge on any atom is -0.395 e. The molecule has 0 aliphatic carbocycles. The summed E-state index contributed by atoms with van der Waals surface area (Å²) in [6.45, 7) is 2.31. The van der Waals surface area contributed by atoms with Crippen LogP contribution < -0.4 is 10.2 Å². The van der Waals surface area contributed by atoms with Crippen molar-refractivity contribution in [2.75, 3.05) is 31.1 Å². The van der Waals surface area contributed by atoms with Gasteiger partial charge in [-0.2, -0.15) is 0 Å². The molecular formula is C21H24N4O2S. The number of nitrogens with zero attached hydrogens (tertiary/aromatic N) is 3. The van der Waals surface area contributed by atoms with Gasteiger partial charge in [-0.05, 0) is 41.3 Å². The maximum atomic E-state index is 11.7. The summed E-state index contributed by atoms with van der Waals surface area (Å²) in [6, 6.07) is 10.4. The normalized spacial score (nSPS) is 16.6. The van der Waals surface area contributed by atoms with Crippen molar-refractivity contribution >= 4 is 33.3 Å². The molecule has 1 unspecified atom stereocenters. The summed E-state index contributed by atoms with van der Waals surface area (Å²) in [4.78, 5) is 23.0. The summed E-state index contributed by atoms with van der Waals surface area (Å²) in [5, 5.41) is 13.5. The van der Waals surface area contributed by atoms with E-state index in [4.69, 9.17) is 5.11 Å². The fourth-order valence-electron chi connectivity index (χ4n) is 3.76. The standard InChI is InChI=1S/C21H24N4O2S/c26-9-7-22-19(27)12-16-3-1-15(2-4-16)11-17-5-8-25(13-17)21-20-18(6-10-28-20)23-14-24-21/h1-4,6,10,14,17,26H,5,7-9,11-13H2,(H,22,27). The second-order valence-corrected chi connectivity index (χ2v) is 8.12. The number of amides is 1. The van der Waals surface area contributed by atoms with E-state index in [1.165, 1.54) is 10.3 Å². The molecule has 6 nitrogen and oxygen atoms in total. The lowest BCUT2D eigenvalue weighted by atomic mass is 9.97. The number of carbonyl (C=O) groups excluding carboxylic acids is 1. The van der Waals surface area contributed by atoms with E-state index in [0.717, 1.165) is 42.8 Å². The Labute approximate surface area is 168 Å². The van der Waals surface area contributed by atoms with Crippen LogP contribution in [-0.4, -0.2) is 47.2 Å². The Morgan fingerprint density at radius 1 is 1.21 bits per heavy atom. The van der Waals surface area contributed by atoms with Crippen LogP contribution in [0.25, 0.3) is 10.2 Å². The zero-order chi connectivity index (χ0) is 19.3. The van der Waals surface area contributed by atoms with Crippen LogP contribution in [0.2, 0.25) is 0 Å². The van der Waals surface area contributed by atoms with Gasteiger partial charge in [-0.1, -0.05) is 24.3 Å². The van der Waals surface area contributed by atoms with Crippen molar-refractivity contribution in [3.63, 3.8) is 0 Å². The third-order valence-electron chi connectivity index (χ3n) is 5.16. The lowest BCUT2D eigenvalue weighted by Gasteiger charge is -2.18. The Kier molecular flexibility index (Phi) is 5.83. The van der Waals surface area contributed by atoms with Crippen molar-refractivity contribution < 1.29 is 9.90 Å². The first-order valence-corrected chi connectivity index (χ1v) is 10.5. The van der Waals surface area contributed by atoms with Gasteiger partial charge in [0, 0.05) is 19.6 Å². The highest BCUT2D eigenvalue weighted by Crippen LogP contribution is 2.32. The summed E-state index contributed by atoms with van der Waals surface area (Å²) in [7, 11) is 0. The molecule has 1 aliphatic rings. The molecule has 3 aromatic rings. The van der Waals surface area contributed by atoms with Gasteiger partial charge in [-0.25, -0.2) is 9.97 Å². The van der Waals surface area contributed by atoms with E-state index in [9.17, 15) is 4.79 Å².